The number of quaternary nitrogens is 1. The van der Waals surface area contributed by atoms with Crippen molar-refractivity contribution in [2.45, 2.75) is 61.7 Å². The number of amides is 4. The standard InChI is InChI=1S/C35H39N3O10/c1-22-19-38(33(43)36-31(22)41,29-18-27(40)28(20-39)48-29)30-26(37(44)32(30)42)21-47-35(23-10-6-4-7-11-23,24-12-8-5-9-13-24)25-14-16-34(45-2,46-3)17-15-25/h4-16,19,26-30,39-40,44H,17-18,20-21H2,1-3H3/p+1/t26?,27-,28+,29+,30?,38?/m0/s1. The number of imide groups is 1. The molecule has 3 aliphatic heterocycles. The van der Waals surface area contributed by atoms with Gasteiger partial charge in [-0.15, -0.1) is 0 Å². The van der Waals surface area contributed by atoms with Crippen molar-refractivity contribution in [3.8, 4) is 0 Å². The molecule has 0 saturated carbocycles. The van der Waals surface area contributed by atoms with Crippen molar-refractivity contribution < 1.29 is 53.2 Å². The zero-order valence-corrected chi connectivity index (χ0v) is 26.9. The highest BCUT2D eigenvalue weighted by molar-refractivity contribution is 6.04. The number of ether oxygens (including phenoxy) is 4. The summed E-state index contributed by atoms with van der Waals surface area (Å²) in [7, 11) is 3.12. The van der Waals surface area contributed by atoms with E-state index < -0.39 is 70.8 Å². The Morgan fingerprint density at radius 1 is 1.04 bits per heavy atom. The molecule has 0 aromatic heterocycles. The van der Waals surface area contributed by atoms with Crippen molar-refractivity contribution in [2.24, 2.45) is 0 Å². The summed E-state index contributed by atoms with van der Waals surface area (Å²) >= 11 is 0. The first-order valence-corrected chi connectivity index (χ1v) is 15.7. The van der Waals surface area contributed by atoms with E-state index in [-0.39, 0.29) is 18.6 Å². The molecule has 2 fully saturated rings. The number of aliphatic hydroxyl groups excluding tert-OH is 2. The molecule has 6 rings (SSSR count). The van der Waals surface area contributed by atoms with Gasteiger partial charge >= 0.3 is 11.9 Å². The number of aliphatic hydroxyl groups is 2. The average Bonchev–Trinajstić information content (AvgIpc) is 3.51. The smallest absolute Gasteiger partial charge is 0.394 e. The Bertz CT molecular complexity index is 1600. The third kappa shape index (κ3) is 5.32. The molecule has 254 valence electrons. The van der Waals surface area contributed by atoms with Gasteiger partial charge in [-0.05, 0) is 29.7 Å². The minimum Gasteiger partial charge on any atom is -0.394 e. The van der Waals surface area contributed by atoms with Crippen LogP contribution in [0.4, 0.5) is 4.79 Å². The predicted molar refractivity (Wildman–Crippen MR) is 168 cm³/mol. The summed E-state index contributed by atoms with van der Waals surface area (Å²) in [4.78, 5) is 40.0. The lowest BCUT2D eigenvalue weighted by atomic mass is 9.77. The molecule has 4 aliphatic rings. The van der Waals surface area contributed by atoms with Crippen LogP contribution in [0.5, 0.6) is 0 Å². The lowest BCUT2D eigenvalue weighted by Gasteiger charge is -2.52. The summed E-state index contributed by atoms with van der Waals surface area (Å²) in [6.45, 7) is 0.701. The normalized spacial score (nSPS) is 30.1. The second-order valence-electron chi connectivity index (χ2n) is 12.4. The highest BCUT2D eigenvalue weighted by atomic mass is 16.7. The first-order valence-electron chi connectivity index (χ1n) is 15.7. The van der Waals surface area contributed by atoms with Gasteiger partial charge in [0.25, 0.3) is 5.91 Å². The molecule has 2 aromatic rings. The first-order chi connectivity index (χ1) is 23.1. The second-order valence-corrected chi connectivity index (χ2v) is 12.4. The summed E-state index contributed by atoms with van der Waals surface area (Å²) in [6.07, 6.45) is 3.91. The van der Waals surface area contributed by atoms with Crippen molar-refractivity contribution in [2.75, 3.05) is 27.4 Å². The molecule has 3 heterocycles. The van der Waals surface area contributed by atoms with Gasteiger partial charge in [-0.2, -0.15) is 4.48 Å². The van der Waals surface area contributed by atoms with Crippen molar-refractivity contribution in [3.05, 3.63) is 107 Å². The molecule has 4 N–H and O–H groups in total. The van der Waals surface area contributed by atoms with Crippen LogP contribution in [0.2, 0.25) is 0 Å². The number of methoxy groups -OCH3 is 2. The maximum absolute atomic E-state index is 13.8. The van der Waals surface area contributed by atoms with Crippen molar-refractivity contribution in [3.63, 3.8) is 0 Å². The number of benzene rings is 2. The van der Waals surface area contributed by atoms with Crippen molar-refractivity contribution in [1.29, 1.82) is 0 Å². The molecule has 13 heteroatoms. The largest absolute Gasteiger partial charge is 0.431 e. The van der Waals surface area contributed by atoms with Gasteiger partial charge in [-0.1, -0.05) is 72.8 Å². The number of hydrogen-bond donors (Lipinski definition) is 4. The van der Waals surface area contributed by atoms with Crippen LogP contribution in [-0.4, -0.2) is 107 Å². The van der Waals surface area contributed by atoms with E-state index in [1.165, 1.54) is 13.1 Å². The maximum atomic E-state index is 13.8. The number of nitrogens with one attached hydrogen (secondary N) is 1. The molecule has 0 radical (unpaired) electrons. The number of carbonyl (C=O) groups is 3. The van der Waals surface area contributed by atoms with Gasteiger partial charge in [0.05, 0.1) is 31.3 Å². The Morgan fingerprint density at radius 3 is 2.19 bits per heavy atom. The minimum absolute atomic E-state index is 0.115. The topological polar surface area (TPSA) is 164 Å². The molecule has 2 aromatic carbocycles. The Morgan fingerprint density at radius 2 is 1.67 bits per heavy atom. The quantitative estimate of drug-likeness (QED) is 0.121. The number of carbonyl (C=O) groups excluding carboxylic acids is 3. The van der Waals surface area contributed by atoms with Crippen LogP contribution < -0.4 is 5.32 Å². The van der Waals surface area contributed by atoms with Gasteiger partial charge in [0, 0.05) is 20.6 Å². The van der Waals surface area contributed by atoms with Crippen LogP contribution in [-0.2, 0) is 34.1 Å². The highest BCUT2D eigenvalue weighted by Gasteiger charge is 2.68. The van der Waals surface area contributed by atoms with Gasteiger partial charge in [0.2, 0.25) is 12.3 Å². The average molecular weight is 663 g/mol. The molecule has 0 spiro atoms. The van der Waals surface area contributed by atoms with Gasteiger partial charge in [-0.25, -0.2) is 15.2 Å². The molecule has 1 aliphatic carbocycles. The van der Waals surface area contributed by atoms with Gasteiger partial charge in [-0.3, -0.25) is 14.8 Å². The van der Waals surface area contributed by atoms with Crippen LogP contribution in [0.3, 0.4) is 0 Å². The maximum Gasteiger partial charge on any atom is 0.431 e. The monoisotopic (exact) mass is 662 g/mol. The third-order valence-electron chi connectivity index (χ3n) is 9.87. The fraction of sp³-hybridized carbons (Fsp3) is 0.400. The Labute approximate surface area is 277 Å². The number of nitrogens with zero attached hydrogens (tertiary/aromatic N) is 2. The van der Waals surface area contributed by atoms with Crippen LogP contribution in [0, 0.1) is 0 Å². The van der Waals surface area contributed by atoms with E-state index in [4.69, 9.17) is 18.9 Å². The molecule has 0 bridgehead atoms. The van der Waals surface area contributed by atoms with E-state index in [0.29, 0.717) is 11.5 Å². The molecular formula is C35H40N3O10+. The number of hydroxylamine groups is 2. The fourth-order valence-corrected chi connectivity index (χ4v) is 7.18. The minimum atomic E-state index is -1.30. The van der Waals surface area contributed by atoms with E-state index in [1.807, 2.05) is 78.9 Å². The van der Waals surface area contributed by atoms with Gasteiger partial charge in [0.15, 0.2) is 5.79 Å². The van der Waals surface area contributed by atoms with E-state index >= 15 is 0 Å². The molecule has 2 saturated heterocycles. The summed E-state index contributed by atoms with van der Waals surface area (Å²) < 4.78 is 23.4. The molecular weight excluding hydrogens is 622 g/mol. The van der Waals surface area contributed by atoms with E-state index in [2.05, 4.69) is 5.32 Å². The van der Waals surface area contributed by atoms with Gasteiger partial charge in [0.1, 0.15) is 23.9 Å². The van der Waals surface area contributed by atoms with Crippen molar-refractivity contribution in [1.82, 2.24) is 10.4 Å². The summed E-state index contributed by atoms with van der Waals surface area (Å²) in [5.74, 6) is -2.42. The SMILES string of the molecule is COC1(OC)C=CC(C(OCC2C([N+]3([C@H]4C[C@H](O)[C@@H](CO)O4)C=C(C)C(=O)NC3=O)C(=O)N2O)(c2ccccc2)c2ccccc2)=CC1. The fourth-order valence-electron chi connectivity index (χ4n) is 7.18. The Balaban J connectivity index is 1.44. The lowest BCUT2D eigenvalue weighted by Crippen LogP contribution is -2.81. The highest BCUT2D eigenvalue weighted by Crippen LogP contribution is 2.46. The Kier molecular flexibility index (Phi) is 9.24. The number of rotatable bonds is 11. The van der Waals surface area contributed by atoms with E-state index in [0.717, 1.165) is 16.7 Å². The zero-order valence-electron chi connectivity index (χ0n) is 26.9. The van der Waals surface area contributed by atoms with Crippen LogP contribution in [0.15, 0.2) is 96.2 Å². The summed E-state index contributed by atoms with van der Waals surface area (Å²) in [6, 6.07) is 15.7. The number of β-lactam (4-membered cyclic amide) rings is 1. The van der Waals surface area contributed by atoms with Crippen LogP contribution in [0.1, 0.15) is 30.9 Å². The van der Waals surface area contributed by atoms with Gasteiger partial charge < -0.3 is 29.2 Å². The predicted octanol–water partition coefficient (Wildman–Crippen LogP) is 2.23. The van der Waals surface area contributed by atoms with E-state index in [9.17, 15) is 29.8 Å². The molecule has 4 amide bonds. The summed E-state index contributed by atoms with van der Waals surface area (Å²) in [5, 5.41) is 34.3. The van der Waals surface area contributed by atoms with E-state index in [1.54, 1.807) is 14.2 Å². The second kappa shape index (κ2) is 13.1. The van der Waals surface area contributed by atoms with Crippen LogP contribution in [0.25, 0.3) is 0 Å². The molecule has 13 nitrogen and oxygen atoms in total. The molecule has 3 unspecified atom stereocenters. The zero-order chi connectivity index (χ0) is 34.3. The molecule has 48 heavy (non-hydrogen) atoms. The first kappa shape index (κ1) is 33.8. The molecule has 6 atom stereocenters. The van der Waals surface area contributed by atoms with Crippen molar-refractivity contribution >= 4 is 17.8 Å². The lowest BCUT2D eigenvalue weighted by molar-refractivity contribution is -0.876. The number of urea groups is 1. The number of hydrogen-bond acceptors (Lipinski definition) is 10. The van der Waals surface area contributed by atoms with Crippen LogP contribution >= 0.6 is 0 Å². The Hall–Kier alpha value is -4.05. The third-order valence-corrected chi connectivity index (χ3v) is 9.87. The summed E-state index contributed by atoms with van der Waals surface area (Å²) in [5.41, 5.74) is 1.13.